The average molecular weight is 386 g/mol. The van der Waals surface area contributed by atoms with Crippen LogP contribution in [-0.2, 0) is 17.8 Å². The van der Waals surface area contributed by atoms with E-state index in [1.54, 1.807) is 0 Å². The fourth-order valence-electron chi connectivity index (χ4n) is 3.43. The molecule has 0 radical (unpaired) electrons. The summed E-state index contributed by atoms with van der Waals surface area (Å²) in [6, 6.07) is 7.49. The molecule has 0 saturated carbocycles. The Labute approximate surface area is 162 Å². The second-order valence-corrected chi connectivity index (χ2v) is 6.91. The minimum absolute atomic E-state index is 0.00978. The van der Waals surface area contributed by atoms with Crippen LogP contribution in [0.25, 0.3) is 0 Å². The summed E-state index contributed by atoms with van der Waals surface area (Å²) in [5.74, 6) is 0.355. The third-order valence-electron chi connectivity index (χ3n) is 4.86. The standard InChI is InChI=1S/C20H26N4O4/c1-3-5-11-23(16-17(21)24(10-4-2)20(27)22-18(16)25)19(26)15-12-13-8-6-7-9-14(13)28-15/h6-9,15H,3-5,10-12,21H2,1-2H3,(H,22,25,27). The van der Waals surface area contributed by atoms with Gasteiger partial charge in [0.05, 0.1) is 0 Å². The fourth-order valence-corrected chi connectivity index (χ4v) is 3.43. The van der Waals surface area contributed by atoms with E-state index in [0.717, 1.165) is 12.0 Å². The van der Waals surface area contributed by atoms with E-state index in [2.05, 4.69) is 4.98 Å². The van der Waals surface area contributed by atoms with Gasteiger partial charge in [-0.1, -0.05) is 38.5 Å². The predicted molar refractivity (Wildman–Crippen MR) is 108 cm³/mol. The van der Waals surface area contributed by atoms with Crippen LogP contribution in [0.4, 0.5) is 11.5 Å². The quantitative estimate of drug-likeness (QED) is 0.752. The Balaban J connectivity index is 2.00. The molecule has 0 bridgehead atoms. The molecule has 0 spiro atoms. The highest BCUT2D eigenvalue weighted by Gasteiger charge is 2.35. The van der Waals surface area contributed by atoms with Crippen molar-refractivity contribution < 1.29 is 9.53 Å². The molecule has 8 heteroatoms. The van der Waals surface area contributed by atoms with Gasteiger partial charge >= 0.3 is 5.69 Å². The molecule has 2 heterocycles. The van der Waals surface area contributed by atoms with E-state index in [-0.39, 0.29) is 17.4 Å². The lowest BCUT2D eigenvalue weighted by molar-refractivity contribution is -0.124. The highest BCUT2D eigenvalue weighted by Crippen LogP contribution is 2.30. The number of anilines is 2. The molecule has 2 aromatic rings. The third kappa shape index (κ3) is 3.67. The number of unbranched alkanes of at least 4 members (excludes halogenated alkanes) is 1. The average Bonchev–Trinajstić information content (AvgIpc) is 3.11. The van der Waals surface area contributed by atoms with Crippen molar-refractivity contribution in [2.45, 2.75) is 52.2 Å². The molecular formula is C20H26N4O4. The first-order chi connectivity index (χ1) is 13.5. The van der Waals surface area contributed by atoms with Crippen LogP contribution >= 0.6 is 0 Å². The third-order valence-corrected chi connectivity index (χ3v) is 4.86. The molecular weight excluding hydrogens is 360 g/mol. The molecule has 8 nitrogen and oxygen atoms in total. The summed E-state index contributed by atoms with van der Waals surface area (Å²) in [6.45, 7) is 4.58. The number of para-hydroxylation sites is 1. The van der Waals surface area contributed by atoms with Crippen molar-refractivity contribution in [1.29, 1.82) is 0 Å². The van der Waals surface area contributed by atoms with E-state index in [9.17, 15) is 14.4 Å². The summed E-state index contributed by atoms with van der Waals surface area (Å²) < 4.78 is 7.12. The van der Waals surface area contributed by atoms with E-state index < -0.39 is 17.4 Å². The van der Waals surface area contributed by atoms with E-state index in [1.807, 2.05) is 38.1 Å². The van der Waals surface area contributed by atoms with E-state index in [0.29, 0.717) is 38.1 Å². The number of fused-ring (bicyclic) bond motifs is 1. The van der Waals surface area contributed by atoms with Gasteiger partial charge in [-0.3, -0.25) is 19.1 Å². The first kappa shape index (κ1) is 19.7. The van der Waals surface area contributed by atoms with Crippen LogP contribution in [0, 0.1) is 0 Å². The highest BCUT2D eigenvalue weighted by molar-refractivity contribution is 5.99. The number of ether oxygens (including phenoxy) is 1. The smallest absolute Gasteiger partial charge is 0.330 e. The van der Waals surface area contributed by atoms with Gasteiger partial charge in [-0.2, -0.15) is 0 Å². The number of benzene rings is 1. The van der Waals surface area contributed by atoms with Crippen LogP contribution in [0.2, 0.25) is 0 Å². The van der Waals surface area contributed by atoms with E-state index in [4.69, 9.17) is 10.5 Å². The molecule has 3 rings (SSSR count). The van der Waals surface area contributed by atoms with Gasteiger partial charge in [0, 0.05) is 19.5 Å². The van der Waals surface area contributed by atoms with Crippen LogP contribution < -0.4 is 26.6 Å². The van der Waals surface area contributed by atoms with Crippen LogP contribution in [0.5, 0.6) is 5.75 Å². The number of hydrogen-bond acceptors (Lipinski definition) is 5. The lowest BCUT2D eigenvalue weighted by Crippen LogP contribution is -2.46. The Morgan fingerprint density at radius 2 is 2.04 bits per heavy atom. The normalized spacial score (nSPS) is 15.1. The van der Waals surface area contributed by atoms with E-state index in [1.165, 1.54) is 9.47 Å². The summed E-state index contributed by atoms with van der Waals surface area (Å²) in [5.41, 5.74) is 5.92. The summed E-state index contributed by atoms with van der Waals surface area (Å²) in [4.78, 5) is 41.6. The molecule has 1 aliphatic rings. The minimum atomic E-state index is -0.723. The largest absolute Gasteiger partial charge is 0.480 e. The molecule has 1 aromatic carbocycles. The summed E-state index contributed by atoms with van der Waals surface area (Å²) >= 11 is 0. The Hall–Kier alpha value is -3.03. The van der Waals surface area contributed by atoms with Gasteiger partial charge in [0.1, 0.15) is 11.6 Å². The zero-order valence-electron chi connectivity index (χ0n) is 16.2. The van der Waals surface area contributed by atoms with Gasteiger partial charge in [-0.05, 0) is 24.5 Å². The molecule has 28 heavy (non-hydrogen) atoms. The van der Waals surface area contributed by atoms with Crippen molar-refractivity contribution in [1.82, 2.24) is 9.55 Å². The lowest BCUT2D eigenvalue weighted by Gasteiger charge is -2.26. The zero-order chi connectivity index (χ0) is 20.3. The van der Waals surface area contributed by atoms with Crippen LogP contribution in [-0.4, -0.2) is 28.1 Å². The maximum atomic E-state index is 13.3. The van der Waals surface area contributed by atoms with Crippen LogP contribution in [0.1, 0.15) is 38.7 Å². The van der Waals surface area contributed by atoms with Crippen molar-refractivity contribution in [3.63, 3.8) is 0 Å². The van der Waals surface area contributed by atoms with Gasteiger partial charge in [0.25, 0.3) is 11.5 Å². The number of amides is 1. The Morgan fingerprint density at radius 1 is 1.29 bits per heavy atom. The maximum absolute atomic E-state index is 13.3. The number of carbonyl (C=O) groups is 1. The molecule has 1 aliphatic heterocycles. The number of carbonyl (C=O) groups excluding carboxylic acids is 1. The number of nitrogens with one attached hydrogen (secondary N) is 1. The first-order valence-electron chi connectivity index (χ1n) is 9.66. The van der Waals surface area contributed by atoms with Crippen molar-refractivity contribution >= 4 is 17.4 Å². The molecule has 1 amide bonds. The summed E-state index contributed by atoms with van der Waals surface area (Å²) in [6.07, 6.45) is 1.91. The molecule has 1 aromatic heterocycles. The number of H-pyrrole nitrogens is 1. The number of nitrogens with two attached hydrogens (primary N) is 1. The van der Waals surface area contributed by atoms with E-state index >= 15 is 0 Å². The summed E-state index contributed by atoms with van der Waals surface area (Å²) in [7, 11) is 0. The molecule has 0 fully saturated rings. The van der Waals surface area contributed by atoms with Crippen LogP contribution in [0.15, 0.2) is 33.9 Å². The molecule has 3 N–H and O–H groups in total. The minimum Gasteiger partial charge on any atom is -0.480 e. The Morgan fingerprint density at radius 3 is 2.71 bits per heavy atom. The van der Waals surface area contributed by atoms with Crippen molar-refractivity contribution in [2.75, 3.05) is 17.2 Å². The van der Waals surface area contributed by atoms with Gasteiger partial charge in [-0.15, -0.1) is 0 Å². The van der Waals surface area contributed by atoms with Gasteiger partial charge in [0.15, 0.2) is 11.8 Å². The monoisotopic (exact) mass is 386 g/mol. The number of aromatic amines is 1. The number of nitrogen functional groups attached to an aromatic ring is 1. The fraction of sp³-hybridized carbons (Fsp3) is 0.450. The molecule has 0 aliphatic carbocycles. The first-order valence-corrected chi connectivity index (χ1v) is 9.66. The van der Waals surface area contributed by atoms with Gasteiger partial charge in [0.2, 0.25) is 0 Å². The summed E-state index contributed by atoms with van der Waals surface area (Å²) in [5, 5.41) is 0. The SMILES string of the molecule is CCCCN(C(=O)C1Cc2ccccc2O1)c1c(N)n(CCC)c(=O)[nH]c1=O. The molecule has 1 unspecified atom stereocenters. The second-order valence-electron chi connectivity index (χ2n) is 6.91. The molecule has 1 atom stereocenters. The number of rotatable bonds is 7. The molecule has 0 saturated heterocycles. The topological polar surface area (TPSA) is 110 Å². The number of nitrogens with zero attached hydrogens (tertiary/aromatic N) is 2. The van der Waals surface area contributed by atoms with Crippen molar-refractivity contribution in [3.8, 4) is 5.75 Å². The van der Waals surface area contributed by atoms with Gasteiger partial charge < -0.3 is 15.4 Å². The highest BCUT2D eigenvalue weighted by atomic mass is 16.5. The Bertz CT molecular complexity index is 954. The Kier molecular flexibility index (Phi) is 5.87. The predicted octanol–water partition coefficient (Wildman–Crippen LogP) is 1.67. The second kappa shape index (κ2) is 8.33. The number of aromatic nitrogens is 2. The zero-order valence-corrected chi connectivity index (χ0v) is 16.2. The van der Waals surface area contributed by atoms with Gasteiger partial charge in [-0.25, -0.2) is 4.79 Å². The van der Waals surface area contributed by atoms with Crippen molar-refractivity contribution in [3.05, 3.63) is 50.7 Å². The molecule has 150 valence electrons. The maximum Gasteiger partial charge on any atom is 0.330 e. The lowest BCUT2D eigenvalue weighted by atomic mass is 10.1. The van der Waals surface area contributed by atoms with Crippen molar-refractivity contribution in [2.24, 2.45) is 0 Å². The number of hydrogen-bond donors (Lipinski definition) is 2. The van der Waals surface area contributed by atoms with Crippen LogP contribution in [0.3, 0.4) is 0 Å².